The normalized spacial score (nSPS) is 10.4. The molecule has 2 aromatic rings. The average Bonchev–Trinajstić information content (AvgIpc) is 2.36. The van der Waals surface area contributed by atoms with Gasteiger partial charge in [0.1, 0.15) is 5.65 Å². The van der Waals surface area contributed by atoms with Gasteiger partial charge in [-0.05, 0) is 18.3 Å². The summed E-state index contributed by atoms with van der Waals surface area (Å²) in [7, 11) is 0. The Balaban J connectivity index is 3.09. The van der Waals surface area contributed by atoms with Crippen molar-refractivity contribution in [3.8, 4) is 0 Å². The fraction of sp³-hybridized carbons (Fsp3) is 0. The maximum absolute atomic E-state index is 4.97. The van der Waals surface area contributed by atoms with Gasteiger partial charge < -0.3 is 4.98 Å². The Kier molecular flexibility index (Phi) is 1.07. The Bertz CT molecular complexity index is 400. The molecule has 0 saturated heterocycles. The zero-order valence-corrected chi connectivity index (χ0v) is 5.93. The Morgan fingerprint density at radius 2 is 2.50 bits per heavy atom. The van der Waals surface area contributed by atoms with E-state index in [0.29, 0.717) is 4.77 Å². The predicted molar refractivity (Wildman–Crippen MR) is 40.4 cm³/mol. The van der Waals surface area contributed by atoms with Crippen molar-refractivity contribution in [2.45, 2.75) is 0 Å². The third-order valence-corrected chi connectivity index (χ3v) is 1.64. The molecule has 0 radical (unpaired) electrons. The van der Waals surface area contributed by atoms with Gasteiger partial charge in [0.15, 0.2) is 4.77 Å². The van der Waals surface area contributed by atoms with Gasteiger partial charge in [0, 0.05) is 18.6 Å². The zero-order chi connectivity index (χ0) is 6.97. The second kappa shape index (κ2) is 1.91. The molecule has 10 heavy (non-hydrogen) atoms. The number of nitrogens with one attached hydrogen (secondary N) is 1. The van der Waals surface area contributed by atoms with Gasteiger partial charge in [0.05, 0.1) is 0 Å². The highest BCUT2D eigenvalue weighted by Gasteiger charge is 1.89. The van der Waals surface area contributed by atoms with Crippen LogP contribution in [-0.4, -0.2) is 14.4 Å². The summed E-state index contributed by atoms with van der Waals surface area (Å²) in [5, 5.41) is 0. The highest BCUT2D eigenvalue weighted by molar-refractivity contribution is 7.71. The van der Waals surface area contributed by atoms with Crippen molar-refractivity contribution in [2.75, 3.05) is 0 Å². The van der Waals surface area contributed by atoms with Gasteiger partial charge in [0.2, 0.25) is 0 Å². The van der Waals surface area contributed by atoms with Gasteiger partial charge in [-0.25, -0.2) is 4.98 Å². The van der Waals surface area contributed by atoms with Crippen molar-refractivity contribution >= 4 is 17.9 Å². The van der Waals surface area contributed by atoms with Gasteiger partial charge in [-0.3, -0.25) is 4.40 Å². The lowest BCUT2D eigenvalue weighted by Gasteiger charge is -1.89. The molecule has 0 aliphatic carbocycles. The van der Waals surface area contributed by atoms with Crippen LogP contribution in [0.4, 0.5) is 0 Å². The summed E-state index contributed by atoms with van der Waals surface area (Å²) in [5.74, 6) is 0. The Morgan fingerprint density at radius 3 is 3.30 bits per heavy atom. The zero-order valence-electron chi connectivity index (χ0n) is 5.11. The van der Waals surface area contributed by atoms with Gasteiger partial charge in [-0.15, -0.1) is 0 Å². The maximum atomic E-state index is 4.97. The van der Waals surface area contributed by atoms with E-state index in [9.17, 15) is 0 Å². The summed E-state index contributed by atoms with van der Waals surface area (Å²) < 4.78 is 2.49. The van der Waals surface area contributed by atoms with Gasteiger partial charge in [-0.1, -0.05) is 0 Å². The third kappa shape index (κ3) is 0.657. The van der Waals surface area contributed by atoms with Crippen molar-refractivity contribution in [3.63, 3.8) is 0 Å². The highest BCUT2D eigenvalue weighted by atomic mass is 32.1. The first-order chi connectivity index (χ1) is 4.88. The monoisotopic (exact) mass is 151 g/mol. The number of H-pyrrole nitrogens is 1. The van der Waals surface area contributed by atoms with E-state index in [-0.39, 0.29) is 0 Å². The van der Waals surface area contributed by atoms with E-state index >= 15 is 0 Å². The van der Waals surface area contributed by atoms with E-state index in [4.69, 9.17) is 12.2 Å². The minimum Gasteiger partial charge on any atom is -0.338 e. The van der Waals surface area contributed by atoms with Crippen molar-refractivity contribution in [1.29, 1.82) is 0 Å². The molecule has 0 saturated carbocycles. The smallest absolute Gasteiger partial charge is 0.182 e. The van der Waals surface area contributed by atoms with Crippen LogP contribution in [0.5, 0.6) is 0 Å². The topological polar surface area (TPSA) is 33.1 Å². The van der Waals surface area contributed by atoms with E-state index in [1.807, 2.05) is 16.7 Å². The van der Waals surface area contributed by atoms with Crippen molar-refractivity contribution in [1.82, 2.24) is 14.4 Å². The molecule has 1 N–H and O–H groups in total. The average molecular weight is 151 g/mol. The molecule has 2 aromatic heterocycles. The van der Waals surface area contributed by atoms with E-state index in [0.717, 1.165) is 5.65 Å². The van der Waals surface area contributed by atoms with Gasteiger partial charge in [0.25, 0.3) is 0 Å². The number of rotatable bonds is 0. The fourth-order valence-electron chi connectivity index (χ4n) is 0.867. The van der Waals surface area contributed by atoms with Gasteiger partial charge >= 0.3 is 0 Å². The van der Waals surface area contributed by atoms with Crippen molar-refractivity contribution in [2.24, 2.45) is 0 Å². The molecule has 0 spiro atoms. The minimum absolute atomic E-state index is 0.676. The first kappa shape index (κ1) is 5.61. The number of nitrogens with zero attached hydrogens (tertiary/aromatic N) is 2. The SMILES string of the molecule is S=c1[nH]ccc2nccn12. The number of aromatic amines is 1. The largest absolute Gasteiger partial charge is 0.338 e. The van der Waals surface area contributed by atoms with E-state index in [1.165, 1.54) is 0 Å². The second-order valence-corrected chi connectivity index (χ2v) is 2.32. The first-order valence-electron chi connectivity index (χ1n) is 2.89. The summed E-state index contributed by atoms with van der Waals surface area (Å²) in [4.78, 5) is 6.95. The molecule has 0 amide bonds. The Hall–Kier alpha value is -1.16. The van der Waals surface area contributed by atoms with Crippen molar-refractivity contribution < 1.29 is 0 Å². The lowest BCUT2D eigenvalue weighted by Crippen LogP contribution is -1.86. The number of imidazole rings is 1. The summed E-state index contributed by atoms with van der Waals surface area (Å²) in [6, 6.07) is 1.87. The number of aromatic nitrogens is 3. The fourth-order valence-corrected chi connectivity index (χ4v) is 1.09. The Labute approximate surface area is 62.3 Å². The molecule has 0 fully saturated rings. The summed E-state index contributed by atoms with van der Waals surface area (Å²) in [5.41, 5.74) is 0.878. The van der Waals surface area contributed by atoms with Crippen LogP contribution in [0.1, 0.15) is 0 Å². The van der Waals surface area contributed by atoms with E-state index in [2.05, 4.69) is 9.97 Å². The molecule has 0 atom stereocenters. The van der Waals surface area contributed by atoms with Gasteiger partial charge in [-0.2, -0.15) is 0 Å². The molecule has 2 heterocycles. The summed E-state index contributed by atoms with van der Waals surface area (Å²) >= 11 is 4.97. The molecule has 0 aliphatic rings. The number of fused-ring (bicyclic) bond motifs is 1. The molecule has 0 aliphatic heterocycles. The molecule has 0 unspecified atom stereocenters. The molecule has 2 rings (SSSR count). The molecular formula is C6H5N3S. The standard InChI is InChI=1S/C6H5N3S/c10-6-8-2-1-5-7-3-4-9(5)6/h1-4H,(H,8,10). The minimum atomic E-state index is 0.676. The van der Waals surface area contributed by atoms with Crippen LogP contribution in [-0.2, 0) is 0 Å². The van der Waals surface area contributed by atoms with Crippen LogP contribution < -0.4 is 0 Å². The van der Waals surface area contributed by atoms with Crippen LogP contribution in [0, 0.1) is 4.77 Å². The highest BCUT2D eigenvalue weighted by Crippen LogP contribution is 1.97. The van der Waals surface area contributed by atoms with Crippen molar-refractivity contribution in [3.05, 3.63) is 29.4 Å². The Morgan fingerprint density at radius 1 is 1.60 bits per heavy atom. The number of hydrogen-bond donors (Lipinski definition) is 1. The lowest BCUT2D eigenvalue weighted by molar-refractivity contribution is 1.06. The van der Waals surface area contributed by atoms with E-state index in [1.54, 1.807) is 12.4 Å². The molecule has 3 nitrogen and oxygen atoms in total. The maximum Gasteiger partial charge on any atom is 0.182 e. The second-order valence-electron chi connectivity index (χ2n) is 1.94. The first-order valence-corrected chi connectivity index (χ1v) is 3.29. The number of hydrogen-bond acceptors (Lipinski definition) is 2. The van der Waals surface area contributed by atoms with Crippen LogP contribution in [0.15, 0.2) is 24.7 Å². The predicted octanol–water partition coefficient (Wildman–Crippen LogP) is 1.39. The summed E-state index contributed by atoms with van der Waals surface area (Å²) in [6.45, 7) is 0. The van der Waals surface area contributed by atoms with Crippen LogP contribution in [0.25, 0.3) is 5.65 Å². The third-order valence-electron chi connectivity index (χ3n) is 1.33. The molecular weight excluding hydrogens is 146 g/mol. The van der Waals surface area contributed by atoms with Crippen LogP contribution in [0.2, 0.25) is 0 Å². The van der Waals surface area contributed by atoms with Crippen LogP contribution in [0.3, 0.4) is 0 Å². The molecule has 4 heteroatoms. The van der Waals surface area contributed by atoms with E-state index < -0.39 is 0 Å². The molecule has 0 bridgehead atoms. The quantitative estimate of drug-likeness (QED) is 0.577. The molecule has 50 valence electrons. The lowest BCUT2D eigenvalue weighted by atomic mass is 10.6. The molecule has 0 aromatic carbocycles. The summed E-state index contributed by atoms with van der Waals surface area (Å²) in [6.07, 6.45) is 5.33. The van der Waals surface area contributed by atoms with Crippen LogP contribution >= 0.6 is 12.2 Å².